The summed E-state index contributed by atoms with van der Waals surface area (Å²) in [5.41, 5.74) is 17.2. The van der Waals surface area contributed by atoms with Gasteiger partial charge in [0.25, 0.3) is 0 Å². The number of para-hydroxylation sites is 3. The molecule has 0 unspecified atom stereocenters. The highest BCUT2D eigenvalue weighted by atomic mass is 32.1. The predicted octanol–water partition coefficient (Wildman–Crippen LogP) is 21.5. The topological polar surface area (TPSA) is 9.72 Å². The van der Waals surface area contributed by atoms with Crippen LogP contribution in [0.1, 0.15) is 16.7 Å². The van der Waals surface area contributed by atoms with Crippen molar-refractivity contribution in [1.82, 2.24) is 0 Å². The van der Waals surface area contributed by atoms with Crippen LogP contribution in [0, 0.1) is 0 Å². The lowest BCUT2D eigenvalue weighted by molar-refractivity contribution is 1.28. The molecule has 4 heteroatoms. The summed E-state index contributed by atoms with van der Waals surface area (Å²) in [7, 11) is 0. The van der Waals surface area contributed by atoms with Gasteiger partial charge in [0.1, 0.15) is 0 Å². The van der Waals surface area contributed by atoms with Gasteiger partial charge in [-0.15, -0.1) is 11.3 Å². The lowest BCUT2D eigenvalue weighted by Gasteiger charge is -2.28. The number of fused-ring (bicyclic) bond motifs is 10. The number of rotatable bonds is 10. The quantitative estimate of drug-likeness (QED) is 0.126. The molecule has 0 amide bonds. The number of nitrogens with zero attached hydrogens (tertiary/aromatic N) is 3. The van der Waals surface area contributed by atoms with E-state index >= 15 is 0 Å². The highest BCUT2D eigenvalue weighted by Crippen LogP contribution is 2.52. The Morgan fingerprint density at radius 1 is 0.256 bits per heavy atom. The summed E-state index contributed by atoms with van der Waals surface area (Å²) >= 11 is 1.87. The Hall–Kier alpha value is -10.0. The minimum Gasteiger partial charge on any atom is -0.310 e. The van der Waals surface area contributed by atoms with Crippen LogP contribution in [0.3, 0.4) is 0 Å². The summed E-state index contributed by atoms with van der Waals surface area (Å²) in [6, 6.07) is 106. The van der Waals surface area contributed by atoms with Gasteiger partial charge in [-0.3, -0.25) is 0 Å². The van der Waals surface area contributed by atoms with Crippen LogP contribution in [-0.4, -0.2) is 0 Å². The van der Waals surface area contributed by atoms with E-state index in [-0.39, 0.29) is 0 Å². The molecule has 0 bridgehead atoms. The van der Waals surface area contributed by atoms with E-state index in [2.05, 4.69) is 312 Å². The molecule has 1 aliphatic carbocycles. The minimum atomic E-state index is 1.09. The van der Waals surface area contributed by atoms with Crippen LogP contribution < -0.4 is 14.7 Å². The second kappa shape index (κ2) is 19.0. The summed E-state index contributed by atoms with van der Waals surface area (Å²) in [5.74, 6) is 0. The molecule has 15 rings (SSSR count). The van der Waals surface area contributed by atoms with Gasteiger partial charge in [-0.2, -0.15) is 0 Å². The summed E-state index contributed by atoms with van der Waals surface area (Å²) in [5, 5.41) is 9.83. The zero-order valence-electron chi connectivity index (χ0n) is 42.5. The SMILES string of the molecule is C(=C1/c2ccc(N(c3ccccc3)c3ccccc3)cc2-c2cc(N(c3ccc4sc5c(N(c6ccccc6)c6ccc7c(ccc8ccccc87)c6)cccc5c4c3)c3cccc4ccccc34)ccc21)/c1ccccc1. The van der Waals surface area contributed by atoms with Crippen LogP contribution in [0.2, 0.25) is 0 Å². The molecule has 14 aromatic rings. The molecule has 0 fully saturated rings. The van der Waals surface area contributed by atoms with Crippen molar-refractivity contribution in [2.24, 2.45) is 0 Å². The highest BCUT2D eigenvalue weighted by Gasteiger charge is 2.28. The van der Waals surface area contributed by atoms with Crippen molar-refractivity contribution in [2.75, 3.05) is 14.7 Å². The van der Waals surface area contributed by atoms with Crippen LogP contribution >= 0.6 is 11.3 Å². The van der Waals surface area contributed by atoms with Crippen molar-refractivity contribution in [3.8, 4) is 11.1 Å². The highest BCUT2D eigenvalue weighted by molar-refractivity contribution is 7.26. The van der Waals surface area contributed by atoms with Crippen LogP contribution in [0.4, 0.5) is 51.2 Å². The fourth-order valence-corrected chi connectivity index (χ4v) is 13.1. The number of hydrogen-bond donors (Lipinski definition) is 0. The van der Waals surface area contributed by atoms with Crippen molar-refractivity contribution in [3.05, 3.63) is 308 Å². The molecule has 1 aliphatic rings. The van der Waals surface area contributed by atoms with E-state index in [9.17, 15) is 0 Å². The fraction of sp³-hybridized carbons (Fsp3) is 0. The molecule has 13 aromatic carbocycles. The van der Waals surface area contributed by atoms with Crippen molar-refractivity contribution >= 4 is 127 Å². The van der Waals surface area contributed by atoms with Crippen molar-refractivity contribution in [3.63, 3.8) is 0 Å². The first kappa shape index (κ1) is 45.4. The second-order valence-corrected chi connectivity index (χ2v) is 21.1. The fourth-order valence-electron chi connectivity index (χ4n) is 11.9. The maximum absolute atomic E-state index is 2.48. The van der Waals surface area contributed by atoms with E-state index in [0.29, 0.717) is 0 Å². The third-order valence-corrected chi connectivity index (χ3v) is 16.7. The Bertz CT molecular complexity index is 4580. The van der Waals surface area contributed by atoms with Crippen LogP contribution in [0.5, 0.6) is 0 Å². The standard InChI is InChI=1S/C74H49N3S/c1-5-19-50(20-6-1)45-67-64-42-38-58(75(54-24-7-2-8-25-54)55-26-9-3-10-27-55)47-68(64)69-48-59(39-43-65(67)69)77(71-33-17-23-51-21-14-16-31-63(51)71)60-40-44-73-70(49-60)66-32-18-34-72(74(66)78-73)76(56-28-11-4-12-29-56)57-37-41-62-53(46-57)36-35-52-22-13-15-30-61(52)62/h1-49H/b67-45+. The van der Waals surface area contributed by atoms with E-state index in [4.69, 9.17) is 0 Å². The molecule has 1 aromatic heterocycles. The number of thiophene rings is 1. The third-order valence-electron chi connectivity index (χ3n) is 15.5. The normalized spacial score (nSPS) is 12.4. The predicted molar refractivity (Wildman–Crippen MR) is 335 cm³/mol. The van der Waals surface area contributed by atoms with E-state index in [1.54, 1.807) is 0 Å². The van der Waals surface area contributed by atoms with E-state index in [0.717, 1.165) is 51.2 Å². The van der Waals surface area contributed by atoms with E-state index in [1.165, 1.54) is 85.9 Å². The van der Waals surface area contributed by atoms with Crippen LogP contribution in [-0.2, 0) is 0 Å². The van der Waals surface area contributed by atoms with Gasteiger partial charge in [0, 0.05) is 60.7 Å². The maximum Gasteiger partial charge on any atom is 0.0640 e. The molecular weight excluding hydrogens is 963 g/mol. The van der Waals surface area contributed by atoms with Gasteiger partial charge in [-0.25, -0.2) is 0 Å². The van der Waals surface area contributed by atoms with Crippen LogP contribution in [0.25, 0.3) is 75.3 Å². The Labute approximate surface area is 457 Å². The molecule has 0 saturated heterocycles. The summed E-state index contributed by atoms with van der Waals surface area (Å²) in [6.07, 6.45) is 2.35. The van der Waals surface area contributed by atoms with Crippen molar-refractivity contribution in [1.29, 1.82) is 0 Å². The van der Waals surface area contributed by atoms with Crippen LogP contribution in [0.15, 0.2) is 291 Å². The average Bonchev–Trinajstić information content (AvgIpc) is 4.15. The van der Waals surface area contributed by atoms with Gasteiger partial charge < -0.3 is 14.7 Å². The van der Waals surface area contributed by atoms with E-state index < -0.39 is 0 Å². The first-order valence-corrected chi connectivity index (χ1v) is 27.5. The minimum absolute atomic E-state index is 1.09. The summed E-state index contributed by atoms with van der Waals surface area (Å²) in [4.78, 5) is 7.27. The molecule has 3 nitrogen and oxygen atoms in total. The van der Waals surface area contributed by atoms with Gasteiger partial charge in [-0.1, -0.05) is 188 Å². The molecule has 78 heavy (non-hydrogen) atoms. The second-order valence-electron chi connectivity index (χ2n) is 20.1. The molecule has 366 valence electrons. The lowest BCUT2D eigenvalue weighted by Crippen LogP contribution is -2.11. The lowest BCUT2D eigenvalue weighted by atomic mass is 10.00. The molecule has 0 atom stereocenters. The number of hydrogen-bond acceptors (Lipinski definition) is 4. The van der Waals surface area contributed by atoms with Crippen molar-refractivity contribution in [2.45, 2.75) is 0 Å². The van der Waals surface area contributed by atoms with E-state index in [1.807, 2.05) is 11.3 Å². The Morgan fingerprint density at radius 2 is 0.718 bits per heavy atom. The average molecular weight is 1010 g/mol. The summed E-state index contributed by atoms with van der Waals surface area (Å²) in [6.45, 7) is 0. The largest absolute Gasteiger partial charge is 0.310 e. The van der Waals surface area contributed by atoms with Crippen molar-refractivity contribution < 1.29 is 0 Å². The summed E-state index contributed by atoms with van der Waals surface area (Å²) < 4.78 is 2.48. The molecule has 0 saturated carbocycles. The van der Waals surface area contributed by atoms with Gasteiger partial charge in [0.2, 0.25) is 0 Å². The zero-order chi connectivity index (χ0) is 51.5. The Kier molecular flexibility index (Phi) is 11.0. The van der Waals surface area contributed by atoms with Gasteiger partial charge in [-0.05, 0) is 170 Å². The number of benzene rings is 13. The van der Waals surface area contributed by atoms with Gasteiger partial charge in [0.05, 0.1) is 16.1 Å². The Morgan fingerprint density at radius 3 is 1.41 bits per heavy atom. The molecule has 0 N–H and O–H groups in total. The first-order chi connectivity index (χ1) is 38.7. The maximum atomic E-state index is 2.48. The molecule has 0 spiro atoms. The number of anilines is 9. The third kappa shape index (κ3) is 7.81. The molecule has 1 heterocycles. The monoisotopic (exact) mass is 1010 g/mol. The molecule has 0 aliphatic heterocycles. The first-order valence-electron chi connectivity index (χ1n) is 26.6. The zero-order valence-corrected chi connectivity index (χ0v) is 43.4. The Balaban J connectivity index is 0.910. The molecule has 0 radical (unpaired) electrons. The van der Waals surface area contributed by atoms with Gasteiger partial charge >= 0.3 is 0 Å². The smallest absolute Gasteiger partial charge is 0.0640 e. The molecular formula is C74H49N3S. The van der Waals surface area contributed by atoms with Gasteiger partial charge in [0.15, 0.2) is 0 Å².